The van der Waals surface area contributed by atoms with Crippen LogP contribution in [-0.4, -0.2) is 55.0 Å². The number of carbonyl (C=O) groups is 2. The molecule has 0 unspecified atom stereocenters. The highest BCUT2D eigenvalue weighted by Crippen LogP contribution is 2.06. The molecule has 168 valence electrons. The van der Waals surface area contributed by atoms with Crippen LogP contribution in [0.25, 0.3) is 0 Å². The predicted molar refractivity (Wildman–Crippen MR) is 119 cm³/mol. The van der Waals surface area contributed by atoms with Crippen molar-refractivity contribution in [1.29, 1.82) is 0 Å². The Bertz CT molecular complexity index is 1100. The maximum absolute atomic E-state index is 12.0. The number of hydrogen-bond acceptors (Lipinski definition) is 7. The highest BCUT2D eigenvalue weighted by Gasteiger charge is 2.10. The Hall–Kier alpha value is -4.38. The fourth-order valence-corrected chi connectivity index (χ4v) is 3.00. The van der Waals surface area contributed by atoms with Gasteiger partial charge in [-0.3, -0.25) is 9.59 Å². The zero-order valence-corrected chi connectivity index (χ0v) is 17.7. The van der Waals surface area contributed by atoms with Crippen molar-refractivity contribution in [2.45, 2.75) is 13.1 Å². The second kappa shape index (κ2) is 10.8. The summed E-state index contributed by atoms with van der Waals surface area (Å²) in [7, 11) is 0. The molecule has 0 spiro atoms. The fourth-order valence-electron chi connectivity index (χ4n) is 3.00. The second-order valence-electron chi connectivity index (χ2n) is 7.16. The Morgan fingerprint density at radius 3 is 1.55 bits per heavy atom. The van der Waals surface area contributed by atoms with Crippen LogP contribution in [0.4, 0.5) is 11.6 Å². The van der Waals surface area contributed by atoms with Crippen LogP contribution in [0.2, 0.25) is 0 Å². The average Bonchev–Trinajstić information content (AvgIpc) is 3.44. The van der Waals surface area contributed by atoms with Crippen molar-refractivity contribution in [3.63, 3.8) is 0 Å². The van der Waals surface area contributed by atoms with Crippen LogP contribution in [-0.2, 0) is 27.4 Å². The molecule has 0 fully saturated rings. The van der Waals surface area contributed by atoms with Gasteiger partial charge < -0.3 is 15.4 Å². The number of hydrogen-bond donors (Lipinski definition) is 2. The molecular weight excluding hydrogens is 424 g/mol. The number of amides is 2. The number of rotatable bonds is 10. The van der Waals surface area contributed by atoms with Gasteiger partial charge in [-0.05, 0) is 11.1 Å². The van der Waals surface area contributed by atoms with E-state index in [1.165, 1.54) is 0 Å². The Labute approximate surface area is 189 Å². The van der Waals surface area contributed by atoms with Crippen LogP contribution >= 0.6 is 0 Å². The lowest BCUT2D eigenvalue weighted by Gasteiger charge is -2.04. The topological polar surface area (TPSA) is 129 Å². The molecule has 33 heavy (non-hydrogen) atoms. The van der Waals surface area contributed by atoms with Crippen molar-refractivity contribution < 1.29 is 14.3 Å². The lowest BCUT2D eigenvalue weighted by molar-refractivity contribution is -0.125. The van der Waals surface area contributed by atoms with Gasteiger partial charge in [0.2, 0.25) is 0 Å². The van der Waals surface area contributed by atoms with Gasteiger partial charge in [0, 0.05) is 0 Å². The molecule has 0 atom stereocenters. The minimum absolute atomic E-state index is 0.305. The molecule has 0 aliphatic rings. The van der Waals surface area contributed by atoms with Crippen LogP contribution < -0.4 is 10.6 Å². The number of anilines is 2. The van der Waals surface area contributed by atoms with Crippen LogP contribution in [0, 0.1) is 0 Å². The third kappa shape index (κ3) is 6.80. The largest absolute Gasteiger partial charge is 0.362 e. The van der Waals surface area contributed by atoms with Crippen molar-refractivity contribution in [3.05, 3.63) is 84.2 Å². The summed E-state index contributed by atoms with van der Waals surface area (Å²) < 4.78 is 8.40. The zero-order chi connectivity index (χ0) is 22.9. The van der Waals surface area contributed by atoms with Gasteiger partial charge in [-0.1, -0.05) is 71.1 Å². The third-order valence-electron chi connectivity index (χ3n) is 4.45. The predicted octanol–water partition coefficient (Wildman–Crippen LogP) is 1.56. The van der Waals surface area contributed by atoms with Crippen LogP contribution in [0.1, 0.15) is 11.1 Å². The van der Waals surface area contributed by atoms with E-state index in [2.05, 4.69) is 31.3 Å². The van der Waals surface area contributed by atoms with Gasteiger partial charge in [0.05, 0.1) is 25.5 Å². The SMILES string of the molecule is O=C(COCC(=O)Nc1cn(Cc2ccccc2)nn1)Nc1cn(Cc2ccccc2)nn1. The van der Waals surface area contributed by atoms with Crippen molar-refractivity contribution in [2.24, 2.45) is 0 Å². The number of benzene rings is 2. The van der Waals surface area contributed by atoms with Crippen LogP contribution in [0.15, 0.2) is 73.1 Å². The molecule has 11 nitrogen and oxygen atoms in total. The summed E-state index contributed by atoms with van der Waals surface area (Å²) in [5.41, 5.74) is 2.13. The molecule has 0 saturated carbocycles. The van der Waals surface area contributed by atoms with Gasteiger partial charge in [-0.25, -0.2) is 9.36 Å². The van der Waals surface area contributed by atoms with E-state index in [-0.39, 0.29) is 13.2 Å². The molecule has 11 heteroatoms. The summed E-state index contributed by atoms with van der Waals surface area (Å²) in [6.45, 7) is 0.464. The lowest BCUT2D eigenvalue weighted by Crippen LogP contribution is -2.24. The molecule has 0 radical (unpaired) electrons. The molecule has 2 aromatic carbocycles. The monoisotopic (exact) mass is 446 g/mol. The van der Waals surface area contributed by atoms with Crippen molar-refractivity contribution in [3.8, 4) is 0 Å². The van der Waals surface area contributed by atoms with Crippen LogP contribution in [0.5, 0.6) is 0 Å². The van der Waals surface area contributed by atoms with Gasteiger partial charge in [-0.2, -0.15) is 0 Å². The molecule has 2 N–H and O–H groups in total. The summed E-state index contributed by atoms with van der Waals surface area (Å²) in [5.74, 6) is -0.273. The Morgan fingerprint density at radius 1 is 0.697 bits per heavy atom. The Kier molecular flexibility index (Phi) is 7.13. The normalized spacial score (nSPS) is 10.7. The van der Waals surface area contributed by atoms with E-state index in [1.807, 2.05) is 60.7 Å². The van der Waals surface area contributed by atoms with Crippen LogP contribution in [0.3, 0.4) is 0 Å². The van der Waals surface area contributed by atoms with Gasteiger partial charge >= 0.3 is 0 Å². The first kappa shape index (κ1) is 21.8. The van der Waals surface area contributed by atoms with Crippen molar-refractivity contribution >= 4 is 23.5 Å². The van der Waals surface area contributed by atoms with E-state index < -0.39 is 11.8 Å². The Morgan fingerprint density at radius 2 is 1.12 bits per heavy atom. The van der Waals surface area contributed by atoms with Crippen molar-refractivity contribution in [1.82, 2.24) is 30.0 Å². The molecule has 0 saturated heterocycles. The molecule has 0 aliphatic heterocycles. The van der Waals surface area contributed by atoms with Gasteiger partial charge in [-0.15, -0.1) is 10.2 Å². The summed E-state index contributed by atoms with van der Waals surface area (Å²) >= 11 is 0. The first-order valence-corrected chi connectivity index (χ1v) is 10.2. The third-order valence-corrected chi connectivity index (χ3v) is 4.45. The van der Waals surface area contributed by atoms with E-state index in [0.29, 0.717) is 24.7 Å². The average molecular weight is 446 g/mol. The summed E-state index contributed by atoms with van der Waals surface area (Å²) in [5, 5.41) is 20.9. The summed E-state index contributed by atoms with van der Waals surface area (Å²) in [6.07, 6.45) is 3.24. The van der Waals surface area contributed by atoms with Gasteiger partial charge in [0.25, 0.3) is 11.8 Å². The highest BCUT2D eigenvalue weighted by atomic mass is 16.5. The number of carbonyl (C=O) groups excluding carboxylic acids is 2. The number of nitrogens with one attached hydrogen (secondary N) is 2. The summed E-state index contributed by atoms with van der Waals surface area (Å²) in [4.78, 5) is 24.1. The standard InChI is InChI=1S/C22H22N8O3/c31-21(23-19-13-29(27-25-19)11-17-7-3-1-4-8-17)15-33-16-22(32)24-20-14-30(28-26-20)12-18-9-5-2-6-10-18/h1-10,13-14H,11-12,15-16H2,(H,23,31)(H,24,32). The first-order chi connectivity index (χ1) is 16.1. The maximum Gasteiger partial charge on any atom is 0.251 e. The second-order valence-corrected chi connectivity index (χ2v) is 7.16. The molecular formula is C22H22N8O3. The molecule has 0 aliphatic carbocycles. The molecule has 4 aromatic rings. The quantitative estimate of drug-likeness (QED) is 0.378. The van der Waals surface area contributed by atoms with Crippen molar-refractivity contribution in [2.75, 3.05) is 23.8 Å². The zero-order valence-electron chi connectivity index (χ0n) is 17.7. The van der Waals surface area contributed by atoms with E-state index in [1.54, 1.807) is 21.8 Å². The number of aromatic nitrogens is 6. The first-order valence-electron chi connectivity index (χ1n) is 10.2. The number of nitrogens with zero attached hydrogens (tertiary/aromatic N) is 6. The molecule has 2 aromatic heterocycles. The fraction of sp³-hybridized carbons (Fsp3) is 0.182. The minimum Gasteiger partial charge on any atom is -0.362 e. The smallest absolute Gasteiger partial charge is 0.251 e. The summed E-state index contributed by atoms with van der Waals surface area (Å²) in [6, 6.07) is 19.5. The van der Waals surface area contributed by atoms with E-state index >= 15 is 0 Å². The van der Waals surface area contributed by atoms with E-state index in [0.717, 1.165) is 11.1 Å². The number of ether oxygens (including phenoxy) is 1. The molecule has 0 bridgehead atoms. The van der Waals surface area contributed by atoms with Gasteiger partial charge in [0.15, 0.2) is 11.6 Å². The lowest BCUT2D eigenvalue weighted by atomic mass is 10.2. The van der Waals surface area contributed by atoms with E-state index in [9.17, 15) is 9.59 Å². The highest BCUT2D eigenvalue weighted by molar-refractivity contribution is 5.92. The van der Waals surface area contributed by atoms with Gasteiger partial charge in [0.1, 0.15) is 13.2 Å². The Balaban J connectivity index is 1.16. The molecule has 4 rings (SSSR count). The molecule has 2 amide bonds. The van der Waals surface area contributed by atoms with E-state index in [4.69, 9.17) is 4.74 Å². The molecule has 2 heterocycles. The maximum atomic E-state index is 12.0. The minimum atomic E-state index is -0.441.